The fourth-order valence-electron chi connectivity index (χ4n) is 2.09. The van der Waals surface area contributed by atoms with E-state index in [2.05, 4.69) is 16.1 Å². The van der Waals surface area contributed by atoms with E-state index in [0.717, 1.165) is 18.5 Å². The van der Waals surface area contributed by atoms with Gasteiger partial charge in [0.15, 0.2) is 0 Å². The average Bonchev–Trinajstić information content (AvgIpc) is 2.70. The molecule has 4 nitrogen and oxygen atoms in total. The van der Waals surface area contributed by atoms with Crippen molar-refractivity contribution >= 4 is 5.97 Å². The molecule has 0 radical (unpaired) electrons. The summed E-state index contributed by atoms with van der Waals surface area (Å²) in [5.41, 5.74) is 1.29. The third-order valence-corrected chi connectivity index (χ3v) is 3.07. The quantitative estimate of drug-likeness (QED) is 0.726. The number of carboxylic acid groups (broad SMARTS) is 1. The summed E-state index contributed by atoms with van der Waals surface area (Å²) >= 11 is 0. The second-order valence-corrected chi connectivity index (χ2v) is 4.29. The van der Waals surface area contributed by atoms with Gasteiger partial charge >= 0.3 is 0 Å². The van der Waals surface area contributed by atoms with Gasteiger partial charge in [0.05, 0.1) is 13.0 Å². The number of hydrogen-bond acceptors (Lipinski definition) is 2. The minimum absolute atomic E-state index is 0.215. The highest BCUT2D eigenvalue weighted by Gasteiger charge is 2.12. The minimum Gasteiger partial charge on any atom is -0.545 e. The number of hydrogen-bond donors (Lipinski definition) is 0. The number of aryl methyl sites for hydroxylation is 1. The molecule has 0 fully saturated rings. The highest BCUT2D eigenvalue weighted by Crippen LogP contribution is 2.07. The van der Waals surface area contributed by atoms with Crippen LogP contribution in [0.4, 0.5) is 0 Å². The lowest BCUT2D eigenvalue weighted by atomic mass is 10.1. The molecule has 1 aromatic heterocycles. The summed E-state index contributed by atoms with van der Waals surface area (Å²) in [6, 6.07) is 6.81. The van der Waals surface area contributed by atoms with Crippen LogP contribution in [0.2, 0.25) is 0 Å². The molecule has 0 aliphatic carbocycles. The van der Waals surface area contributed by atoms with E-state index in [0.29, 0.717) is 0 Å². The molecule has 0 aliphatic heterocycles. The van der Waals surface area contributed by atoms with E-state index in [1.54, 1.807) is 12.1 Å². The molecule has 0 atom stereocenters. The van der Waals surface area contributed by atoms with Crippen molar-refractivity contribution in [2.24, 2.45) is 7.05 Å². The molecule has 0 unspecified atom stereocenters. The van der Waals surface area contributed by atoms with Crippen molar-refractivity contribution in [1.29, 1.82) is 0 Å². The number of imidazole rings is 1. The lowest BCUT2D eigenvalue weighted by Gasteiger charge is -2.04. The van der Waals surface area contributed by atoms with Gasteiger partial charge in [-0.2, -0.15) is 0 Å². The van der Waals surface area contributed by atoms with Gasteiger partial charge < -0.3 is 9.90 Å². The predicted octanol–water partition coefficient (Wildman–Crippen LogP) is 0.287. The average molecular weight is 244 g/mol. The number of carbonyl (C=O) groups is 1. The summed E-state index contributed by atoms with van der Waals surface area (Å²) in [5, 5.41) is 10.7. The number of aromatic carboxylic acids is 1. The van der Waals surface area contributed by atoms with E-state index < -0.39 is 5.97 Å². The molecular formula is C14H16N2O2. The van der Waals surface area contributed by atoms with Crippen molar-refractivity contribution < 1.29 is 14.5 Å². The van der Waals surface area contributed by atoms with Gasteiger partial charge in [0, 0.05) is 6.42 Å². The summed E-state index contributed by atoms with van der Waals surface area (Å²) in [6.45, 7) is 2.86. The van der Waals surface area contributed by atoms with Crippen LogP contribution in [0.1, 0.15) is 28.7 Å². The first-order valence-electron chi connectivity index (χ1n) is 5.95. The summed E-state index contributed by atoms with van der Waals surface area (Å²) in [7, 11) is 2.02. The summed E-state index contributed by atoms with van der Waals surface area (Å²) < 4.78 is 4.25. The zero-order valence-corrected chi connectivity index (χ0v) is 10.6. The smallest absolute Gasteiger partial charge is 0.256 e. The Morgan fingerprint density at radius 3 is 2.56 bits per heavy atom. The van der Waals surface area contributed by atoms with Crippen LogP contribution in [0.5, 0.6) is 0 Å². The molecule has 0 aliphatic rings. The minimum atomic E-state index is -1.14. The Morgan fingerprint density at radius 1 is 1.33 bits per heavy atom. The van der Waals surface area contributed by atoms with Gasteiger partial charge in [-0.25, -0.2) is 9.13 Å². The lowest BCUT2D eigenvalue weighted by Crippen LogP contribution is -2.31. The summed E-state index contributed by atoms with van der Waals surface area (Å²) in [6.07, 6.45) is 5.01. The Morgan fingerprint density at radius 2 is 2.00 bits per heavy atom. The van der Waals surface area contributed by atoms with Crippen molar-refractivity contribution in [2.75, 3.05) is 0 Å². The Kier molecular flexibility index (Phi) is 3.46. The van der Waals surface area contributed by atoms with Gasteiger partial charge in [0.2, 0.25) is 0 Å². The Balaban J connectivity index is 2.20. The maximum atomic E-state index is 10.7. The first kappa shape index (κ1) is 12.4. The second-order valence-electron chi connectivity index (χ2n) is 4.29. The number of carboxylic acids is 1. The van der Waals surface area contributed by atoms with Crippen molar-refractivity contribution in [3.63, 3.8) is 0 Å². The van der Waals surface area contributed by atoms with Crippen LogP contribution in [0.25, 0.3) is 0 Å². The molecule has 18 heavy (non-hydrogen) atoms. The number of rotatable bonds is 4. The molecule has 2 aromatic rings. The molecule has 0 spiro atoms. The van der Waals surface area contributed by atoms with E-state index in [-0.39, 0.29) is 5.56 Å². The van der Waals surface area contributed by atoms with E-state index in [1.807, 2.05) is 31.6 Å². The van der Waals surface area contributed by atoms with Crippen LogP contribution in [0, 0.1) is 0 Å². The molecule has 94 valence electrons. The van der Waals surface area contributed by atoms with Crippen LogP contribution in [0.15, 0.2) is 36.7 Å². The molecule has 0 bridgehead atoms. The molecule has 0 amide bonds. The zero-order chi connectivity index (χ0) is 13.1. The van der Waals surface area contributed by atoms with Gasteiger partial charge in [-0.15, -0.1) is 0 Å². The zero-order valence-electron chi connectivity index (χ0n) is 10.6. The van der Waals surface area contributed by atoms with Gasteiger partial charge in [-0.1, -0.05) is 31.2 Å². The van der Waals surface area contributed by atoms with Crippen LogP contribution < -0.4 is 9.67 Å². The number of nitrogens with zero attached hydrogens (tertiary/aromatic N) is 2. The van der Waals surface area contributed by atoms with E-state index in [9.17, 15) is 9.90 Å². The van der Waals surface area contributed by atoms with E-state index in [1.165, 1.54) is 5.82 Å². The van der Waals surface area contributed by atoms with Gasteiger partial charge in [0.1, 0.15) is 18.9 Å². The second kappa shape index (κ2) is 5.04. The highest BCUT2D eigenvalue weighted by molar-refractivity contribution is 5.85. The largest absolute Gasteiger partial charge is 0.545 e. The maximum absolute atomic E-state index is 10.7. The normalized spacial score (nSPS) is 10.6. The van der Waals surface area contributed by atoms with Crippen molar-refractivity contribution in [3.05, 3.63) is 53.6 Å². The van der Waals surface area contributed by atoms with Crippen molar-refractivity contribution in [1.82, 2.24) is 4.57 Å². The highest BCUT2D eigenvalue weighted by atomic mass is 16.4. The van der Waals surface area contributed by atoms with E-state index >= 15 is 0 Å². The van der Waals surface area contributed by atoms with Crippen LogP contribution in [0.3, 0.4) is 0 Å². The topological polar surface area (TPSA) is 48.9 Å². The molecule has 0 saturated carbocycles. The summed E-state index contributed by atoms with van der Waals surface area (Å²) in [5.74, 6) is 0.0992. The number of benzene rings is 1. The van der Waals surface area contributed by atoms with Gasteiger partial charge in [0.25, 0.3) is 5.82 Å². The Bertz CT molecular complexity index is 556. The third-order valence-electron chi connectivity index (χ3n) is 3.07. The molecule has 4 heteroatoms. The van der Waals surface area contributed by atoms with Gasteiger partial charge in [-0.05, 0) is 11.1 Å². The molecule has 1 heterocycles. The first-order valence-corrected chi connectivity index (χ1v) is 5.95. The predicted molar refractivity (Wildman–Crippen MR) is 64.9 cm³/mol. The molecule has 0 N–H and O–H groups in total. The Labute approximate surface area is 106 Å². The van der Waals surface area contributed by atoms with Gasteiger partial charge in [-0.3, -0.25) is 0 Å². The third kappa shape index (κ3) is 2.42. The molecular weight excluding hydrogens is 228 g/mol. The fourth-order valence-corrected chi connectivity index (χ4v) is 2.09. The number of aromatic nitrogens is 2. The van der Waals surface area contributed by atoms with Crippen LogP contribution in [-0.2, 0) is 20.0 Å². The molecule has 0 saturated heterocycles. The standard InChI is InChI=1S/C14H16N2O2/c1-3-13-15(2)8-9-16(13)10-11-4-6-12(7-5-11)14(17)18/h4-9H,3,10H2,1-2H3. The van der Waals surface area contributed by atoms with Crippen molar-refractivity contribution in [3.8, 4) is 0 Å². The fraction of sp³-hybridized carbons (Fsp3) is 0.286. The SMILES string of the molecule is CCc1n(Cc2ccc(C(=O)[O-])cc2)cc[n+]1C. The first-order chi connectivity index (χ1) is 8.61. The van der Waals surface area contributed by atoms with Crippen LogP contribution in [-0.4, -0.2) is 10.5 Å². The maximum Gasteiger partial charge on any atom is 0.256 e. The van der Waals surface area contributed by atoms with E-state index in [4.69, 9.17) is 0 Å². The van der Waals surface area contributed by atoms with Crippen LogP contribution >= 0.6 is 0 Å². The molecule has 2 rings (SSSR count). The summed E-state index contributed by atoms with van der Waals surface area (Å²) in [4.78, 5) is 10.7. The number of carbonyl (C=O) groups excluding carboxylic acids is 1. The molecule has 1 aromatic carbocycles. The van der Waals surface area contributed by atoms with Crippen molar-refractivity contribution in [2.45, 2.75) is 19.9 Å². The Hall–Kier alpha value is -2.10. The lowest BCUT2D eigenvalue weighted by molar-refractivity contribution is -0.678. The monoisotopic (exact) mass is 244 g/mol.